The minimum Gasteiger partial charge on any atom is -0.508 e. The minimum absolute atomic E-state index is 0.132. The summed E-state index contributed by atoms with van der Waals surface area (Å²) in [6.07, 6.45) is 4.32. The molecule has 160 valence electrons. The molecule has 1 aromatic carbocycles. The van der Waals surface area contributed by atoms with Crippen molar-refractivity contribution >= 4 is 28.7 Å². The molecule has 3 heterocycles. The van der Waals surface area contributed by atoms with Crippen LogP contribution in [0.2, 0.25) is 0 Å². The van der Waals surface area contributed by atoms with Crippen molar-refractivity contribution in [1.29, 1.82) is 0 Å². The van der Waals surface area contributed by atoms with Crippen LogP contribution in [0.3, 0.4) is 0 Å². The third-order valence-electron chi connectivity index (χ3n) is 6.15. The van der Waals surface area contributed by atoms with Crippen molar-refractivity contribution in [2.75, 3.05) is 13.1 Å². The summed E-state index contributed by atoms with van der Waals surface area (Å²) in [5, 5.41) is 19.9. The van der Waals surface area contributed by atoms with Crippen LogP contribution in [0, 0.1) is 0 Å². The van der Waals surface area contributed by atoms with E-state index in [1.165, 1.54) is 9.80 Å². The van der Waals surface area contributed by atoms with Crippen molar-refractivity contribution in [3.63, 3.8) is 0 Å². The van der Waals surface area contributed by atoms with Gasteiger partial charge >= 0.3 is 5.97 Å². The maximum absolute atomic E-state index is 13.1. The number of carboxylic acids is 1. The lowest BCUT2D eigenvalue weighted by molar-refractivity contribution is -0.152. The average molecular weight is 414 g/mol. The second-order valence-corrected chi connectivity index (χ2v) is 8.07. The van der Waals surface area contributed by atoms with Gasteiger partial charge in [-0.3, -0.25) is 9.59 Å². The zero-order chi connectivity index (χ0) is 21.4. The van der Waals surface area contributed by atoms with Crippen LogP contribution < -0.4 is 5.73 Å². The molecule has 2 aromatic rings. The van der Waals surface area contributed by atoms with Crippen molar-refractivity contribution in [2.45, 2.75) is 50.2 Å². The molecular formula is C21H26N4O5. The summed E-state index contributed by atoms with van der Waals surface area (Å²) in [5.74, 6) is -1.48. The van der Waals surface area contributed by atoms with E-state index in [4.69, 9.17) is 5.73 Å². The van der Waals surface area contributed by atoms with Crippen molar-refractivity contribution in [3.8, 4) is 5.75 Å². The van der Waals surface area contributed by atoms with E-state index in [1.54, 1.807) is 24.4 Å². The van der Waals surface area contributed by atoms with Crippen LogP contribution in [0.5, 0.6) is 5.75 Å². The number of nitrogens with two attached hydrogens (primary N) is 1. The lowest BCUT2D eigenvalue weighted by Gasteiger charge is -2.31. The molecule has 9 heteroatoms. The van der Waals surface area contributed by atoms with E-state index in [2.05, 4.69) is 4.98 Å². The van der Waals surface area contributed by atoms with Crippen LogP contribution in [0.15, 0.2) is 24.4 Å². The van der Waals surface area contributed by atoms with Gasteiger partial charge in [-0.25, -0.2) is 4.79 Å². The Kier molecular flexibility index (Phi) is 5.38. The Balaban J connectivity index is 1.48. The zero-order valence-electron chi connectivity index (χ0n) is 16.6. The van der Waals surface area contributed by atoms with Crippen molar-refractivity contribution < 1.29 is 24.6 Å². The van der Waals surface area contributed by atoms with Gasteiger partial charge in [0.15, 0.2) is 0 Å². The number of rotatable bonds is 5. The molecule has 5 N–H and O–H groups in total. The first-order chi connectivity index (χ1) is 14.4. The van der Waals surface area contributed by atoms with E-state index in [9.17, 15) is 24.6 Å². The van der Waals surface area contributed by atoms with Gasteiger partial charge in [0.1, 0.15) is 17.8 Å². The standard InChI is InChI=1S/C21H26N4O5/c22-15(9-12-11-23-16-6-5-13(26)10-14(12)16)19(27)24-7-1-3-17(24)20(28)25-8-2-4-18(25)21(29)30/h5-6,10-11,15,17-18,23,26H,1-4,7-9,22H2,(H,29,30)/t15-,17-,18-/m0/s1. The van der Waals surface area contributed by atoms with Crippen molar-refractivity contribution in [2.24, 2.45) is 5.73 Å². The topological polar surface area (TPSA) is 140 Å². The van der Waals surface area contributed by atoms with E-state index in [0.717, 1.165) is 16.5 Å². The van der Waals surface area contributed by atoms with Gasteiger partial charge in [-0.2, -0.15) is 0 Å². The number of aromatic amines is 1. The predicted molar refractivity (Wildman–Crippen MR) is 109 cm³/mol. The fourth-order valence-corrected chi connectivity index (χ4v) is 4.64. The Morgan fingerprint density at radius 2 is 1.83 bits per heavy atom. The largest absolute Gasteiger partial charge is 0.508 e. The van der Waals surface area contributed by atoms with E-state index in [1.807, 2.05) is 0 Å². The summed E-state index contributed by atoms with van der Waals surface area (Å²) in [4.78, 5) is 43.6. The van der Waals surface area contributed by atoms with E-state index in [-0.39, 0.29) is 24.0 Å². The Morgan fingerprint density at radius 3 is 2.57 bits per heavy atom. The van der Waals surface area contributed by atoms with Crippen molar-refractivity contribution in [1.82, 2.24) is 14.8 Å². The predicted octanol–water partition coefficient (Wildman–Crippen LogP) is 0.810. The molecule has 2 amide bonds. The number of carboxylic acid groups (broad SMARTS) is 1. The number of likely N-dealkylation sites (tertiary alicyclic amines) is 2. The maximum Gasteiger partial charge on any atom is 0.326 e. The molecule has 2 saturated heterocycles. The molecule has 4 rings (SSSR count). The number of hydrogen-bond acceptors (Lipinski definition) is 5. The minimum atomic E-state index is -1.00. The summed E-state index contributed by atoms with van der Waals surface area (Å²) < 4.78 is 0. The fraction of sp³-hybridized carbons (Fsp3) is 0.476. The second kappa shape index (κ2) is 7.98. The number of fused-ring (bicyclic) bond motifs is 1. The van der Waals surface area contributed by atoms with Gasteiger partial charge in [-0.15, -0.1) is 0 Å². The normalized spacial score (nSPS) is 22.6. The number of hydrogen-bond donors (Lipinski definition) is 4. The molecule has 1 aromatic heterocycles. The first-order valence-electron chi connectivity index (χ1n) is 10.2. The third-order valence-corrected chi connectivity index (χ3v) is 6.15. The summed E-state index contributed by atoms with van der Waals surface area (Å²) in [6.45, 7) is 0.836. The summed E-state index contributed by atoms with van der Waals surface area (Å²) in [6, 6.07) is 2.65. The number of aliphatic carboxylic acids is 1. The van der Waals surface area contributed by atoms with Crippen LogP contribution in [0.25, 0.3) is 10.9 Å². The number of carbonyl (C=O) groups excluding carboxylic acids is 2. The van der Waals surface area contributed by atoms with Gasteiger partial charge in [-0.1, -0.05) is 0 Å². The van der Waals surface area contributed by atoms with Crippen LogP contribution in [0.4, 0.5) is 0 Å². The molecular weight excluding hydrogens is 388 g/mol. The number of nitrogens with zero attached hydrogens (tertiary/aromatic N) is 2. The first-order valence-corrected chi connectivity index (χ1v) is 10.2. The maximum atomic E-state index is 13.1. The number of phenolic OH excluding ortho intramolecular Hbond substituents is 1. The number of benzene rings is 1. The van der Waals surface area contributed by atoms with Gasteiger partial charge in [0.25, 0.3) is 0 Å². The van der Waals surface area contributed by atoms with E-state index in [0.29, 0.717) is 38.8 Å². The van der Waals surface area contributed by atoms with Crippen molar-refractivity contribution in [3.05, 3.63) is 30.0 Å². The molecule has 0 aliphatic carbocycles. The number of aromatic hydroxyl groups is 1. The molecule has 0 spiro atoms. The van der Waals surface area contributed by atoms with Gasteiger partial charge in [-0.05, 0) is 55.9 Å². The van der Waals surface area contributed by atoms with Gasteiger partial charge in [0.2, 0.25) is 11.8 Å². The molecule has 30 heavy (non-hydrogen) atoms. The molecule has 2 aliphatic rings. The quantitative estimate of drug-likeness (QED) is 0.571. The molecule has 0 bridgehead atoms. The van der Waals surface area contributed by atoms with E-state index < -0.39 is 24.1 Å². The summed E-state index contributed by atoms with van der Waals surface area (Å²) in [7, 11) is 0. The number of H-pyrrole nitrogens is 1. The molecule has 0 unspecified atom stereocenters. The van der Waals surface area contributed by atoms with Gasteiger partial charge < -0.3 is 30.7 Å². The Bertz CT molecular complexity index is 987. The SMILES string of the molecule is N[C@@H](Cc1c[nH]c2ccc(O)cc12)C(=O)N1CCC[C@H]1C(=O)N1CCC[C@H]1C(=O)O. The molecule has 9 nitrogen and oxygen atoms in total. The van der Waals surface area contributed by atoms with Crippen LogP contribution in [0.1, 0.15) is 31.2 Å². The Labute approximate surface area is 173 Å². The Hall–Kier alpha value is -3.07. The highest BCUT2D eigenvalue weighted by atomic mass is 16.4. The highest BCUT2D eigenvalue weighted by Crippen LogP contribution is 2.27. The molecule has 2 fully saturated rings. The molecule has 2 aliphatic heterocycles. The molecule has 3 atom stereocenters. The molecule has 0 saturated carbocycles. The van der Waals surface area contributed by atoms with Gasteiger partial charge in [0, 0.05) is 30.2 Å². The van der Waals surface area contributed by atoms with E-state index >= 15 is 0 Å². The van der Waals surface area contributed by atoms with Crippen LogP contribution >= 0.6 is 0 Å². The first kappa shape index (κ1) is 20.2. The van der Waals surface area contributed by atoms with Gasteiger partial charge in [0.05, 0.1) is 6.04 Å². The number of nitrogens with one attached hydrogen (secondary N) is 1. The fourth-order valence-electron chi connectivity index (χ4n) is 4.64. The number of carbonyl (C=O) groups is 3. The zero-order valence-corrected chi connectivity index (χ0v) is 16.6. The summed E-state index contributed by atoms with van der Waals surface area (Å²) in [5.41, 5.74) is 7.87. The number of aromatic nitrogens is 1. The lowest BCUT2D eigenvalue weighted by atomic mass is 10.0. The number of amides is 2. The number of phenols is 1. The molecule has 0 radical (unpaired) electrons. The van der Waals surface area contributed by atoms with Crippen LogP contribution in [-0.2, 0) is 20.8 Å². The highest BCUT2D eigenvalue weighted by Gasteiger charge is 2.42. The summed E-state index contributed by atoms with van der Waals surface area (Å²) >= 11 is 0. The Morgan fingerprint density at radius 1 is 1.13 bits per heavy atom. The average Bonchev–Trinajstić information content (AvgIpc) is 3.46. The van der Waals surface area contributed by atoms with Crippen LogP contribution in [-0.4, -0.2) is 74.0 Å². The monoisotopic (exact) mass is 414 g/mol. The smallest absolute Gasteiger partial charge is 0.326 e. The highest BCUT2D eigenvalue weighted by molar-refractivity contribution is 5.93. The lowest BCUT2D eigenvalue weighted by Crippen LogP contribution is -2.54. The third kappa shape index (κ3) is 3.60. The second-order valence-electron chi connectivity index (χ2n) is 8.07.